The summed E-state index contributed by atoms with van der Waals surface area (Å²) in [7, 11) is 1.45. The lowest BCUT2D eigenvalue weighted by Gasteiger charge is -2.18. The lowest BCUT2D eigenvalue weighted by Crippen LogP contribution is -2.34. The third-order valence-electron chi connectivity index (χ3n) is 2.00. The van der Waals surface area contributed by atoms with Gasteiger partial charge in [-0.1, -0.05) is 0 Å². The van der Waals surface area contributed by atoms with Crippen molar-refractivity contribution in [2.75, 3.05) is 7.11 Å². The number of ketones is 1. The number of Topliss-reactive ketones (excluding diaryl/α,β-unsaturated/α-hetero) is 1. The zero-order chi connectivity index (χ0) is 13.1. The Morgan fingerprint density at radius 1 is 1.24 bits per heavy atom. The van der Waals surface area contributed by atoms with Crippen LogP contribution < -0.4 is 4.74 Å². The molecule has 0 aliphatic carbocycles. The minimum absolute atomic E-state index is 0.114. The molecule has 17 heavy (non-hydrogen) atoms. The molecule has 0 saturated heterocycles. The van der Waals surface area contributed by atoms with Gasteiger partial charge in [0.1, 0.15) is 5.75 Å². The Kier molecular flexibility index (Phi) is 4.17. The molecule has 94 valence electrons. The van der Waals surface area contributed by atoms with Crippen LogP contribution in [0.15, 0.2) is 24.3 Å². The number of ether oxygens (including phenoxy) is 2. The zero-order valence-electron chi connectivity index (χ0n) is 9.87. The number of carbonyl (C=O) groups is 1. The van der Waals surface area contributed by atoms with Crippen molar-refractivity contribution in [2.24, 2.45) is 0 Å². The highest BCUT2D eigenvalue weighted by Crippen LogP contribution is 2.24. The molecule has 0 saturated carbocycles. The van der Waals surface area contributed by atoms with Crippen molar-refractivity contribution in [1.82, 2.24) is 0 Å². The van der Waals surface area contributed by atoms with Gasteiger partial charge in [-0.15, -0.1) is 0 Å². The van der Waals surface area contributed by atoms with E-state index < -0.39 is 18.0 Å². The summed E-state index contributed by atoms with van der Waals surface area (Å²) in [5, 5.41) is 0. The van der Waals surface area contributed by atoms with Crippen LogP contribution >= 0.6 is 0 Å². The average Bonchev–Trinajstić information content (AvgIpc) is 2.26. The van der Waals surface area contributed by atoms with Crippen LogP contribution in [0.3, 0.4) is 0 Å². The fourth-order valence-corrected chi connectivity index (χ4v) is 1.26. The van der Waals surface area contributed by atoms with Gasteiger partial charge in [0.25, 0.3) is 5.78 Å². The van der Waals surface area contributed by atoms with Crippen molar-refractivity contribution in [3.05, 3.63) is 29.8 Å². The van der Waals surface area contributed by atoms with E-state index in [0.29, 0.717) is 5.75 Å². The standard InChI is InChI=1S/C12H14F2O3/c1-8(2)17-12(13,14)11(15)9-4-6-10(16-3)7-5-9/h4-8H,1-3H3. The zero-order valence-corrected chi connectivity index (χ0v) is 9.87. The van der Waals surface area contributed by atoms with E-state index in [1.165, 1.54) is 45.2 Å². The summed E-state index contributed by atoms with van der Waals surface area (Å²) in [5.41, 5.74) is -0.114. The normalized spacial score (nSPS) is 11.6. The molecule has 0 atom stereocenters. The van der Waals surface area contributed by atoms with Gasteiger partial charge in [-0.2, -0.15) is 8.78 Å². The van der Waals surface area contributed by atoms with Crippen LogP contribution in [0.25, 0.3) is 0 Å². The van der Waals surface area contributed by atoms with Gasteiger partial charge in [0.2, 0.25) is 0 Å². The van der Waals surface area contributed by atoms with Crippen LogP contribution in [0.4, 0.5) is 8.78 Å². The molecule has 0 unspecified atom stereocenters. The van der Waals surface area contributed by atoms with E-state index in [0.717, 1.165) is 0 Å². The summed E-state index contributed by atoms with van der Waals surface area (Å²) in [6.07, 6.45) is -4.53. The van der Waals surface area contributed by atoms with Gasteiger partial charge < -0.3 is 9.47 Å². The molecule has 0 spiro atoms. The first kappa shape index (κ1) is 13.6. The number of methoxy groups -OCH3 is 1. The Bertz CT molecular complexity index is 385. The van der Waals surface area contributed by atoms with Crippen LogP contribution in [-0.2, 0) is 4.74 Å². The molecule has 0 N–H and O–H groups in total. The Balaban J connectivity index is 2.87. The molecule has 1 aromatic carbocycles. The monoisotopic (exact) mass is 244 g/mol. The first-order valence-corrected chi connectivity index (χ1v) is 5.11. The van der Waals surface area contributed by atoms with Crippen molar-refractivity contribution in [3.63, 3.8) is 0 Å². The fraction of sp³-hybridized carbons (Fsp3) is 0.417. The van der Waals surface area contributed by atoms with Crippen molar-refractivity contribution >= 4 is 5.78 Å². The maximum Gasteiger partial charge on any atom is 0.421 e. The van der Waals surface area contributed by atoms with Gasteiger partial charge in [0.05, 0.1) is 13.2 Å². The number of alkyl halides is 2. The minimum Gasteiger partial charge on any atom is -0.497 e. The quantitative estimate of drug-likeness (QED) is 0.747. The van der Waals surface area contributed by atoms with Crippen molar-refractivity contribution < 1.29 is 23.0 Å². The van der Waals surface area contributed by atoms with Gasteiger partial charge in [0.15, 0.2) is 0 Å². The number of hydrogen-bond acceptors (Lipinski definition) is 3. The van der Waals surface area contributed by atoms with E-state index in [1.807, 2.05) is 0 Å². The largest absolute Gasteiger partial charge is 0.497 e. The third kappa shape index (κ3) is 3.49. The molecule has 1 aromatic rings. The maximum atomic E-state index is 13.3. The Labute approximate surface area is 98.3 Å². The first-order valence-electron chi connectivity index (χ1n) is 5.11. The highest BCUT2D eigenvalue weighted by Gasteiger charge is 2.41. The van der Waals surface area contributed by atoms with E-state index >= 15 is 0 Å². The van der Waals surface area contributed by atoms with Crippen molar-refractivity contribution in [2.45, 2.75) is 26.1 Å². The number of carbonyl (C=O) groups excluding carboxylic acids is 1. The topological polar surface area (TPSA) is 35.5 Å². The predicted molar refractivity (Wildman–Crippen MR) is 58.5 cm³/mol. The van der Waals surface area contributed by atoms with Crippen LogP contribution in [0.2, 0.25) is 0 Å². The molecule has 0 amide bonds. The molecule has 0 heterocycles. The van der Waals surface area contributed by atoms with Gasteiger partial charge in [0, 0.05) is 5.56 Å². The molecular formula is C12H14F2O3. The van der Waals surface area contributed by atoms with Crippen LogP contribution in [0, 0.1) is 0 Å². The average molecular weight is 244 g/mol. The van der Waals surface area contributed by atoms with Gasteiger partial charge >= 0.3 is 6.11 Å². The molecule has 0 bridgehead atoms. The van der Waals surface area contributed by atoms with Gasteiger partial charge in [-0.05, 0) is 38.1 Å². The minimum atomic E-state index is -3.80. The smallest absolute Gasteiger partial charge is 0.421 e. The highest BCUT2D eigenvalue weighted by molar-refractivity contribution is 6.00. The number of rotatable bonds is 5. The van der Waals surface area contributed by atoms with Crippen LogP contribution in [0.5, 0.6) is 5.75 Å². The summed E-state index contributed by atoms with van der Waals surface area (Å²) in [6.45, 7) is 2.88. The second-order valence-electron chi connectivity index (χ2n) is 3.74. The molecule has 5 heteroatoms. The first-order chi connectivity index (χ1) is 7.86. The summed E-state index contributed by atoms with van der Waals surface area (Å²) >= 11 is 0. The van der Waals surface area contributed by atoms with E-state index in [-0.39, 0.29) is 5.56 Å². The summed E-state index contributed by atoms with van der Waals surface area (Å²) in [4.78, 5) is 11.5. The third-order valence-corrected chi connectivity index (χ3v) is 2.00. The molecule has 1 rings (SSSR count). The van der Waals surface area contributed by atoms with E-state index in [4.69, 9.17) is 4.74 Å². The van der Waals surface area contributed by atoms with Crippen LogP contribution in [0.1, 0.15) is 24.2 Å². The highest BCUT2D eigenvalue weighted by atomic mass is 19.3. The van der Waals surface area contributed by atoms with Crippen molar-refractivity contribution in [3.8, 4) is 5.75 Å². The van der Waals surface area contributed by atoms with E-state index in [9.17, 15) is 13.6 Å². The lowest BCUT2D eigenvalue weighted by atomic mass is 10.1. The molecular weight excluding hydrogens is 230 g/mol. The van der Waals surface area contributed by atoms with Crippen LogP contribution in [-0.4, -0.2) is 25.1 Å². The SMILES string of the molecule is COc1ccc(C(=O)C(F)(F)OC(C)C)cc1. The Morgan fingerprint density at radius 2 is 1.76 bits per heavy atom. The summed E-state index contributed by atoms with van der Waals surface area (Å²) in [5.74, 6) is -0.858. The van der Waals surface area contributed by atoms with Gasteiger partial charge in [-0.25, -0.2) is 0 Å². The predicted octanol–water partition coefficient (Wildman–Crippen LogP) is 2.90. The number of halogens is 2. The molecule has 0 aromatic heterocycles. The second kappa shape index (κ2) is 5.23. The van der Waals surface area contributed by atoms with E-state index in [2.05, 4.69) is 4.74 Å². The van der Waals surface area contributed by atoms with Crippen molar-refractivity contribution in [1.29, 1.82) is 0 Å². The van der Waals surface area contributed by atoms with E-state index in [1.54, 1.807) is 0 Å². The Morgan fingerprint density at radius 3 is 2.18 bits per heavy atom. The molecule has 0 radical (unpaired) electrons. The maximum absolute atomic E-state index is 13.3. The molecule has 3 nitrogen and oxygen atoms in total. The second-order valence-corrected chi connectivity index (χ2v) is 3.74. The summed E-state index contributed by atoms with van der Waals surface area (Å²) in [6, 6.07) is 5.44. The molecule has 0 fully saturated rings. The lowest BCUT2D eigenvalue weighted by molar-refractivity contribution is -0.216. The number of hydrogen-bond donors (Lipinski definition) is 0. The summed E-state index contributed by atoms with van der Waals surface area (Å²) < 4.78 is 35.8. The van der Waals surface area contributed by atoms with Gasteiger partial charge in [-0.3, -0.25) is 4.79 Å². The fourth-order valence-electron chi connectivity index (χ4n) is 1.26. The molecule has 0 aliphatic rings. The molecule has 0 aliphatic heterocycles. The Hall–Kier alpha value is -1.49. The number of benzene rings is 1.